The lowest BCUT2D eigenvalue weighted by atomic mass is 10.1. The molecule has 1 amide bonds. The highest BCUT2D eigenvalue weighted by Crippen LogP contribution is 2.30. The van der Waals surface area contributed by atoms with Crippen molar-refractivity contribution in [2.24, 2.45) is 7.05 Å². The largest absolute Gasteiger partial charge is 0.490 e. The van der Waals surface area contributed by atoms with E-state index < -0.39 is 18.5 Å². The fourth-order valence-corrected chi connectivity index (χ4v) is 3.04. The van der Waals surface area contributed by atoms with E-state index in [1.807, 2.05) is 6.92 Å². The van der Waals surface area contributed by atoms with Gasteiger partial charge in [-0.2, -0.15) is 5.10 Å². The first-order valence-electron chi connectivity index (χ1n) is 9.73. The number of fused-ring (bicyclic) bond motifs is 1. The lowest BCUT2D eigenvalue weighted by Gasteiger charge is -2.09. The van der Waals surface area contributed by atoms with Crippen LogP contribution in [-0.2, 0) is 21.4 Å². The molecule has 1 aromatic heterocycles. The summed E-state index contributed by atoms with van der Waals surface area (Å²) in [4.78, 5) is 36.4. The van der Waals surface area contributed by atoms with Gasteiger partial charge in [0.2, 0.25) is 0 Å². The van der Waals surface area contributed by atoms with Crippen LogP contribution in [-0.4, -0.2) is 47.3 Å². The van der Waals surface area contributed by atoms with Crippen molar-refractivity contribution in [1.82, 2.24) is 9.78 Å². The molecule has 30 heavy (non-hydrogen) atoms. The molecule has 0 unspecified atom stereocenters. The van der Waals surface area contributed by atoms with Crippen LogP contribution in [0.1, 0.15) is 41.0 Å². The molecule has 0 saturated heterocycles. The number of anilines is 1. The lowest BCUT2D eigenvalue weighted by Crippen LogP contribution is -2.21. The van der Waals surface area contributed by atoms with Gasteiger partial charge in [0, 0.05) is 25.5 Å². The predicted octanol–water partition coefficient (Wildman–Crippen LogP) is 2.34. The van der Waals surface area contributed by atoms with E-state index >= 15 is 0 Å². The molecule has 1 aliphatic heterocycles. The summed E-state index contributed by atoms with van der Waals surface area (Å²) < 4.78 is 17.8. The molecular formula is C21H25N3O6. The Bertz CT molecular complexity index is 966. The molecule has 1 aliphatic rings. The molecule has 160 valence electrons. The molecule has 9 heteroatoms. The van der Waals surface area contributed by atoms with Crippen LogP contribution in [0.4, 0.5) is 5.69 Å². The van der Waals surface area contributed by atoms with Gasteiger partial charge in [-0.25, -0.2) is 0 Å². The van der Waals surface area contributed by atoms with Crippen LogP contribution in [0.3, 0.4) is 0 Å². The maximum Gasteiger partial charge on any atom is 0.306 e. The lowest BCUT2D eigenvalue weighted by molar-refractivity contribution is -0.147. The van der Waals surface area contributed by atoms with E-state index in [-0.39, 0.29) is 18.6 Å². The number of amides is 1. The summed E-state index contributed by atoms with van der Waals surface area (Å²) in [5.41, 5.74) is 2.51. The van der Waals surface area contributed by atoms with Crippen LogP contribution in [0.15, 0.2) is 18.2 Å². The average molecular weight is 415 g/mol. The van der Waals surface area contributed by atoms with Crippen molar-refractivity contribution < 1.29 is 28.6 Å². The second-order valence-corrected chi connectivity index (χ2v) is 7.01. The highest BCUT2D eigenvalue weighted by atomic mass is 16.5. The van der Waals surface area contributed by atoms with Gasteiger partial charge in [-0.3, -0.25) is 19.1 Å². The number of aryl methyl sites for hydroxylation is 2. The topological polar surface area (TPSA) is 109 Å². The number of esters is 1. The van der Waals surface area contributed by atoms with Gasteiger partial charge in [-0.15, -0.1) is 0 Å². The monoisotopic (exact) mass is 415 g/mol. The van der Waals surface area contributed by atoms with E-state index in [9.17, 15) is 14.4 Å². The van der Waals surface area contributed by atoms with Crippen molar-refractivity contribution in [2.45, 2.75) is 33.1 Å². The van der Waals surface area contributed by atoms with Gasteiger partial charge < -0.3 is 19.5 Å². The molecule has 2 aromatic rings. The molecule has 2 heterocycles. The van der Waals surface area contributed by atoms with Crippen LogP contribution in [0.25, 0.3) is 0 Å². The smallest absolute Gasteiger partial charge is 0.306 e. The molecule has 0 fully saturated rings. The second-order valence-electron chi connectivity index (χ2n) is 7.01. The van der Waals surface area contributed by atoms with Crippen molar-refractivity contribution in [3.05, 3.63) is 35.2 Å². The number of carbonyl (C=O) groups excluding carboxylic acids is 3. The predicted molar refractivity (Wildman–Crippen MR) is 108 cm³/mol. The Labute approximate surface area is 174 Å². The molecule has 1 N–H and O–H groups in total. The number of nitrogens with one attached hydrogen (secondary N) is 1. The van der Waals surface area contributed by atoms with Crippen molar-refractivity contribution in [2.75, 3.05) is 25.1 Å². The van der Waals surface area contributed by atoms with Gasteiger partial charge in [-0.05, 0) is 32.0 Å². The third kappa shape index (κ3) is 5.16. The molecule has 1 aromatic carbocycles. The van der Waals surface area contributed by atoms with Gasteiger partial charge in [-0.1, -0.05) is 0 Å². The van der Waals surface area contributed by atoms with Gasteiger partial charge >= 0.3 is 5.97 Å². The summed E-state index contributed by atoms with van der Waals surface area (Å²) in [5, 5.41) is 6.90. The fraction of sp³-hybridized carbons (Fsp3) is 0.429. The number of ketones is 1. The number of hydrogen-bond acceptors (Lipinski definition) is 7. The van der Waals surface area contributed by atoms with Gasteiger partial charge in [0.1, 0.15) is 0 Å². The fourth-order valence-electron chi connectivity index (χ4n) is 3.04. The Morgan fingerprint density at radius 2 is 1.87 bits per heavy atom. The summed E-state index contributed by atoms with van der Waals surface area (Å²) >= 11 is 0. The van der Waals surface area contributed by atoms with Crippen LogP contribution in [0.5, 0.6) is 11.5 Å². The molecular weight excluding hydrogens is 390 g/mol. The van der Waals surface area contributed by atoms with Crippen molar-refractivity contribution in [3.8, 4) is 11.5 Å². The normalized spacial score (nSPS) is 12.8. The molecule has 0 atom stereocenters. The van der Waals surface area contributed by atoms with Crippen LogP contribution < -0.4 is 14.8 Å². The summed E-state index contributed by atoms with van der Waals surface area (Å²) in [6, 6.07) is 4.96. The minimum Gasteiger partial charge on any atom is -0.490 e. The summed E-state index contributed by atoms with van der Waals surface area (Å²) in [6.07, 6.45) is 0.629. The second kappa shape index (κ2) is 9.43. The van der Waals surface area contributed by atoms with E-state index in [1.165, 1.54) is 0 Å². The summed E-state index contributed by atoms with van der Waals surface area (Å²) in [5.74, 6) is -0.162. The van der Waals surface area contributed by atoms with Gasteiger partial charge in [0.25, 0.3) is 5.91 Å². The van der Waals surface area contributed by atoms with E-state index in [2.05, 4.69) is 10.4 Å². The third-order valence-corrected chi connectivity index (χ3v) is 4.76. The van der Waals surface area contributed by atoms with Crippen molar-refractivity contribution in [3.63, 3.8) is 0 Å². The molecule has 0 spiro atoms. The van der Waals surface area contributed by atoms with Gasteiger partial charge in [0.15, 0.2) is 23.9 Å². The van der Waals surface area contributed by atoms with E-state index in [4.69, 9.17) is 14.2 Å². The Kier molecular flexibility index (Phi) is 6.71. The highest BCUT2D eigenvalue weighted by Gasteiger charge is 2.17. The maximum absolute atomic E-state index is 12.4. The number of hydrogen-bond donors (Lipinski definition) is 1. The van der Waals surface area contributed by atoms with Crippen molar-refractivity contribution >= 4 is 23.3 Å². The molecule has 0 bridgehead atoms. The number of carbonyl (C=O) groups is 3. The first-order chi connectivity index (χ1) is 14.3. The highest BCUT2D eigenvalue weighted by molar-refractivity contribution is 5.98. The number of nitrogens with zero attached hydrogens (tertiary/aromatic N) is 2. The van der Waals surface area contributed by atoms with Crippen LogP contribution in [0, 0.1) is 13.8 Å². The first kappa shape index (κ1) is 21.4. The molecule has 0 saturated carbocycles. The SMILES string of the molecule is Cc1nn(C)c(C)c1NC(=O)COC(=O)CCC(=O)c1ccc2c(c1)OCCCO2. The molecule has 0 radical (unpaired) electrons. The van der Waals surface area contributed by atoms with E-state index in [0.717, 1.165) is 12.1 Å². The van der Waals surface area contributed by atoms with Crippen LogP contribution >= 0.6 is 0 Å². The number of aromatic nitrogens is 2. The number of ether oxygens (including phenoxy) is 3. The summed E-state index contributed by atoms with van der Waals surface area (Å²) in [7, 11) is 1.78. The first-order valence-corrected chi connectivity index (χ1v) is 9.73. The molecule has 3 rings (SSSR count). The van der Waals surface area contributed by atoms with E-state index in [0.29, 0.717) is 41.7 Å². The summed E-state index contributed by atoms with van der Waals surface area (Å²) in [6.45, 7) is 4.27. The van der Waals surface area contributed by atoms with Crippen molar-refractivity contribution in [1.29, 1.82) is 0 Å². The zero-order valence-electron chi connectivity index (χ0n) is 17.3. The van der Waals surface area contributed by atoms with Crippen LogP contribution in [0.2, 0.25) is 0 Å². The Hall–Kier alpha value is -3.36. The Morgan fingerprint density at radius 1 is 1.13 bits per heavy atom. The Balaban J connectivity index is 1.45. The van der Waals surface area contributed by atoms with E-state index in [1.54, 1.807) is 36.9 Å². The minimum atomic E-state index is -0.618. The minimum absolute atomic E-state index is 0.0269. The molecule has 9 nitrogen and oxygen atoms in total. The number of benzene rings is 1. The zero-order valence-corrected chi connectivity index (χ0v) is 17.3. The zero-order chi connectivity index (χ0) is 21.7. The Morgan fingerprint density at radius 3 is 2.57 bits per heavy atom. The number of rotatable bonds is 7. The quantitative estimate of drug-likeness (QED) is 0.546. The maximum atomic E-state index is 12.4. The third-order valence-electron chi connectivity index (χ3n) is 4.76. The standard InChI is InChI=1S/C21H25N3O6/c1-13-21(14(2)24(3)23-13)22-19(26)12-30-20(27)8-6-16(25)15-5-7-17-18(11-15)29-10-4-9-28-17/h5,7,11H,4,6,8-10,12H2,1-3H3,(H,22,26). The number of Topliss-reactive ketones (excluding diaryl/α,β-unsaturated/α-hetero) is 1. The average Bonchev–Trinajstić information content (AvgIpc) is 2.91. The molecule has 0 aliphatic carbocycles. The van der Waals surface area contributed by atoms with Gasteiger partial charge in [0.05, 0.1) is 36.7 Å².